The molecule has 0 fully saturated rings. The highest BCUT2D eigenvalue weighted by Crippen LogP contribution is 2.31. The zero-order chi connectivity index (χ0) is 15.9. The van der Waals surface area contributed by atoms with E-state index in [2.05, 4.69) is 0 Å². The number of aliphatic hydroxyl groups is 1. The van der Waals surface area contributed by atoms with Gasteiger partial charge in [-0.25, -0.2) is 0 Å². The maximum absolute atomic E-state index is 10.5. The molecule has 0 unspecified atom stereocenters. The van der Waals surface area contributed by atoms with Crippen molar-refractivity contribution in [1.82, 2.24) is 0 Å². The van der Waals surface area contributed by atoms with Crippen molar-refractivity contribution in [3.63, 3.8) is 0 Å². The van der Waals surface area contributed by atoms with Gasteiger partial charge >= 0.3 is 0 Å². The van der Waals surface area contributed by atoms with Gasteiger partial charge in [0.05, 0.1) is 7.11 Å². The Morgan fingerprint density at radius 1 is 1.18 bits per heavy atom. The van der Waals surface area contributed by atoms with Crippen molar-refractivity contribution in [2.45, 2.75) is 12.7 Å². The SMILES string of the molecule is COc1ccc([C@@H](O)C[N+](=O)[O-])cc1OCc1ccccc1. The highest BCUT2D eigenvalue weighted by atomic mass is 16.6. The second-order valence-electron chi connectivity index (χ2n) is 4.72. The Bertz CT molecular complexity index is 630. The third-order valence-corrected chi connectivity index (χ3v) is 3.13. The molecule has 1 N–H and O–H groups in total. The van der Waals surface area contributed by atoms with E-state index in [1.165, 1.54) is 7.11 Å². The molecule has 6 heteroatoms. The first kappa shape index (κ1) is 15.8. The molecule has 0 spiro atoms. The molecule has 0 amide bonds. The van der Waals surface area contributed by atoms with Gasteiger partial charge in [0.15, 0.2) is 11.5 Å². The van der Waals surface area contributed by atoms with Crippen molar-refractivity contribution < 1.29 is 19.5 Å². The number of hydrogen-bond acceptors (Lipinski definition) is 5. The number of nitrogens with zero attached hydrogens (tertiary/aromatic N) is 1. The fraction of sp³-hybridized carbons (Fsp3) is 0.250. The van der Waals surface area contributed by atoms with Gasteiger partial charge in [0, 0.05) is 4.92 Å². The molecule has 2 aromatic carbocycles. The maximum Gasteiger partial charge on any atom is 0.233 e. The molecule has 0 aliphatic heterocycles. The summed E-state index contributed by atoms with van der Waals surface area (Å²) in [5, 5.41) is 20.3. The molecule has 0 radical (unpaired) electrons. The molecule has 22 heavy (non-hydrogen) atoms. The smallest absolute Gasteiger partial charge is 0.233 e. The third-order valence-electron chi connectivity index (χ3n) is 3.13. The normalized spacial score (nSPS) is 11.7. The minimum absolute atomic E-state index is 0.339. The van der Waals surface area contributed by atoms with E-state index in [0.717, 1.165) is 5.56 Å². The second-order valence-corrected chi connectivity index (χ2v) is 4.72. The molecule has 0 aliphatic carbocycles. The number of nitro groups is 1. The lowest BCUT2D eigenvalue weighted by Crippen LogP contribution is -2.12. The third kappa shape index (κ3) is 4.20. The van der Waals surface area contributed by atoms with Crippen molar-refractivity contribution >= 4 is 0 Å². The first-order valence-electron chi connectivity index (χ1n) is 6.74. The molecule has 2 aromatic rings. The molecule has 2 rings (SSSR count). The van der Waals surface area contributed by atoms with Crippen LogP contribution in [0, 0.1) is 10.1 Å². The number of rotatable bonds is 7. The van der Waals surface area contributed by atoms with Crippen molar-refractivity contribution in [2.24, 2.45) is 0 Å². The van der Waals surface area contributed by atoms with Crippen LogP contribution in [0.2, 0.25) is 0 Å². The molecular weight excluding hydrogens is 286 g/mol. The zero-order valence-electron chi connectivity index (χ0n) is 12.1. The second kappa shape index (κ2) is 7.42. The van der Waals surface area contributed by atoms with Crippen molar-refractivity contribution in [1.29, 1.82) is 0 Å². The van der Waals surface area contributed by atoms with E-state index in [1.54, 1.807) is 18.2 Å². The van der Waals surface area contributed by atoms with Crippen LogP contribution in [-0.2, 0) is 6.61 Å². The highest BCUT2D eigenvalue weighted by molar-refractivity contribution is 5.43. The van der Waals surface area contributed by atoms with Crippen LogP contribution >= 0.6 is 0 Å². The van der Waals surface area contributed by atoms with Gasteiger partial charge in [-0.3, -0.25) is 10.1 Å². The largest absolute Gasteiger partial charge is 0.493 e. The highest BCUT2D eigenvalue weighted by Gasteiger charge is 2.16. The molecular formula is C16H17NO5. The quantitative estimate of drug-likeness (QED) is 0.628. The van der Waals surface area contributed by atoms with Gasteiger partial charge in [-0.2, -0.15) is 0 Å². The van der Waals surface area contributed by atoms with Gasteiger partial charge in [0.25, 0.3) is 0 Å². The van der Waals surface area contributed by atoms with E-state index >= 15 is 0 Å². The van der Waals surface area contributed by atoms with Crippen LogP contribution in [0.15, 0.2) is 48.5 Å². The average molecular weight is 303 g/mol. The molecule has 0 heterocycles. The molecule has 6 nitrogen and oxygen atoms in total. The van der Waals surface area contributed by atoms with E-state index in [0.29, 0.717) is 23.7 Å². The van der Waals surface area contributed by atoms with Crippen LogP contribution in [-0.4, -0.2) is 23.7 Å². The fourth-order valence-electron chi connectivity index (χ4n) is 2.00. The van der Waals surface area contributed by atoms with Crippen LogP contribution in [0.4, 0.5) is 0 Å². The van der Waals surface area contributed by atoms with Crippen LogP contribution < -0.4 is 9.47 Å². The molecule has 0 aromatic heterocycles. The first-order valence-corrected chi connectivity index (χ1v) is 6.74. The number of aliphatic hydroxyl groups excluding tert-OH is 1. The Morgan fingerprint density at radius 3 is 2.55 bits per heavy atom. The molecule has 0 saturated carbocycles. The summed E-state index contributed by atoms with van der Waals surface area (Å²) in [6, 6.07) is 14.4. The Morgan fingerprint density at radius 2 is 1.91 bits per heavy atom. The van der Waals surface area contributed by atoms with Gasteiger partial charge in [-0.15, -0.1) is 0 Å². The molecule has 1 atom stereocenters. The fourth-order valence-corrected chi connectivity index (χ4v) is 2.00. The summed E-state index contributed by atoms with van der Waals surface area (Å²) in [7, 11) is 1.51. The van der Waals surface area contributed by atoms with Crippen molar-refractivity contribution in [3.05, 3.63) is 69.8 Å². The molecule has 0 bridgehead atoms. The predicted molar refractivity (Wildman–Crippen MR) is 80.6 cm³/mol. The summed E-state index contributed by atoms with van der Waals surface area (Å²) in [6.45, 7) is -0.212. The van der Waals surface area contributed by atoms with E-state index in [-0.39, 0.29) is 0 Å². The summed E-state index contributed by atoms with van der Waals surface area (Å²) in [4.78, 5) is 9.94. The Balaban J connectivity index is 2.15. The average Bonchev–Trinajstić information content (AvgIpc) is 2.53. The lowest BCUT2D eigenvalue weighted by Gasteiger charge is -2.14. The maximum atomic E-state index is 10.5. The van der Waals surface area contributed by atoms with E-state index in [9.17, 15) is 15.2 Å². The van der Waals surface area contributed by atoms with E-state index < -0.39 is 17.6 Å². The molecule has 116 valence electrons. The zero-order valence-corrected chi connectivity index (χ0v) is 12.1. The van der Waals surface area contributed by atoms with E-state index in [4.69, 9.17) is 9.47 Å². The predicted octanol–water partition coefficient (Wildman–Crippen LogP) is 2.58. The van der Waals surface area contributed by atoms with Crippen molar-refractivity contribution in [3.8, 4) is 11.5 Å². The summed E-state index contributed by atoms with van der Waals surface area (Å²) < 4.78 is 10.9. The first-order chi connectivity index (χ1) is 10.6. The lowest BCUT2D eigenvalue weighted by atomic mass is 10.1. The summed E-state index contributed by atoms with van der Waals surface area (Å²) in [6.07, 6.45) is -1.18. The number of hydrogen-bond donors (Lipinski definition) is 1. The van der Waals surface area contributed by atoms with Gasteiger partial charge in [-0.1, -0.05) is 36.4 Å². The Hall–Kier alpha value is -2.60. The molecule has 0 saturated heterocycles. The van der Waals surface area contributed by atoms with Crippen LogP contribution in [0.5, 0.6) is 11.5 Å². The van der Waals surface area contributed by atoms with Crippen LogP contribution in [0.1, 0.15) is 17.2 Å². The summed E-state index contributed by atoms with van der Waals surface area (Å²) >= 11 is 0. The van der Waals surface area contributed by atoms with Gasteiger partial charge in [0.2, 0.25) is 6.54 Å². The van der Waals surface area contributed by atoms with E-state index in [1.807, 2.05) is 30.3 Å². The van der Waals surface area contributed by atoms with Gasteiger partial charge in [0.1, 0.15) is 12.7 Å². The molecule has 0 aliphatic rings. The summed E-state index contributed by atoms with van der Waals surface area (Å²) in [5.74, 6) is 0.944. The number of methoxy groups -OCH3 is 1. The van der Waals surface area contributed by atoms with Crippen LogP contribution in [0.25, 0.3) is 0 Å². The topological polar surface area (TPSA) is 81.8 Å². The Labute approximate surface area is 128 Å². The summed E-state index contributed by atoms with van der Waals surface area (Å²) in [5.41, 5.74) is 1.40. The minimum Gasteiger partial charge on any atom is -0.493 e. The van der Waals surface area contributed by atoms with Crippen LogP contribution in [0.3, 0.4) is 0 Å². The number of ether oxygens (including phenoxy) is 2. The Kier molecular flexibility index (Phi) is 5.32. The lowest BCUT2D eigenvalue weighted by molar-refractivity contribution is -0.491. The minimum atomic E-state index is -1.18. The number of benzene rings is 2. The monoisotopic (exact) mass is 303 g/mol. The standard InChI is InChI=1S/C16H17NO5/c1-21-15-8-7-13(14(18)10-17(19)20)9-16(15)22-11-12-5-3-2-4-6-12/h2-9,14,18H,10-11H2,1H3/t14-/m0/s1. The van der Waals surface area contributed by atoms with Gasteiger partial charge < -0.3 is 14.6 Å². The van der Waals surface area contributed by atoms with Gasteiger partial charge in [-0.05, 0) is 23.3 Å². The van der Waals surface area contributed by atoms with Crippen molar-refractivity contribution in [2.75, 3.05) is 13.7 Å².